The number of hydrogen-bond donors (Lipinski definition) is 0. The lowest BCUT2D eigenvalue weighted by Gasteiger charge is -1.99. The van der Waals surface area contributed by atoms with Gasteiger partial charge < -0.3 is 0 Å². The molecular formula is C14H16N2O. The molecule has 0 unspecified atom stereocenters. The summed E-state index contributed by atoms with van der Waals surface area (Å²) >= 11 is 0. The molecule has 1 heterocycles. The summed E-state index contributed by atoms with van der Waals surface area (Å²) in [5.74, 6) is 0.232. The van der Waals surface area contributed by atoms with Crippen molar-refractivity contribution in [3.05, 3.63) is 42.7 Å². The maximum atomic E-state index is 11.5. The highest BCUT2D eigenvalue weighted by Crippen LogP contribution is 2.17. The lowest BCUT2D eigenvalue weighted by Crippen LogP contribution is -2.09. The highest BCUT2D eigenvalue weighted by Gasteiger charge is 2.05. The van der Waals surface area contributed by atoms with Crippen molar-refractivity contribution in [2.75, 3.05) is 0 Å². The van der Waals surface area contributed by atoms with Crippen molar-refractivity contribution in [1.29, 1.82) is 0 Å². The van der Waals surface area contributed by atoms with E-state index in [4.69, 9.17) is 0 Å². The van der Waals surface area contributed by atoms with E-state index >= 15 is 0 Å². The van der Waals surface area contributed by atoms with E-state index in [1.807, 2.05) is 43.5 Å². The smallest absolute Gasteiger partial charge is 0.154 e. The van der Waals surface area contributed by atoms with Gasteiger partial charge in [0.15, 0.2) is 5.78 Å². The molecule has 88 valence electrons. The Bertz CT molecular complexity index is 488. The van der Waals surface area contributed by atoms with Crippen molar-refractivity contribution in [2.24, 2.45) is 0 Å². The first-order valence-corrected chi connectivity index (χ1v) is 5.89. The summed E-state index contributed by atoms with van der Waals surface area (Å²) in [6, 6.07) is 10.0. The van der Waals surface area contributed by atoms with Gasteiger partial charge >= 0.3 is 0 Å². The summed E-state index contributed by atoms with van der Waals surface area (Å²) < 4.78 is 1.71. The van der Waals surface area contributed by atoms with E-state index in [1.165, 1.54) is 0 Å². The molecule has 0 bridgehead atoms. The van der Waals surface area contributed by atoms with Gasteiger partial charge in [-0.15, -0.1) is 0 Å². The zero-order chi connectivity index (χ0) is 12.1. The predicted octanol–water partition coefficient (Wildman–Crippen LogP) is 2.92. The van der Waals surface area contributed by atoms with Crippen LogP contribution in [0, 0.1) is 0 Å². The molecule has 0 saturated heterocycles. The Hall–Kier alpha value is -1.90. The molecule has 17 heavy (non-hydrogen) atoms. The Morgan fingerprint density at radius 2 is 2.00 bits per heavy atom. The number of benzene rings is 1. The van der Waals surface area contributed by atoms with Gasteiger partial charge in [0.2, 0.25) is 0 Å². The number of ketones is 1. The van der Waals surface area contributed by atoms with Gasteiger partial charge in [-0.3, -0.25) is 9.48 Å². The van der Waals surface area contributed by atoms with Gasteiger partial charge in [0.25, 0.3) is 0 Å². The summed E-state index contributed by atoms with van der Waals surface area (Å²) in [5, 5.41) is 4.21. The minimum atomic E-state index is 0.232. The summed E-state index contributed by atoms with van der Waals surface area (Å²) in [4.78, 5) is 11.5. The minimum absolute atomic E-state index is 0.232. The van der Waals surface area contributed by atoms with Crippen molar-refractivity contribution >= 4 is 5.78 Å². The second-order valence-corrected chi connectivity index (χ2v) is 4.08. The van der Waals surface area contributed by atoms with Gasteiger partial charge in [-0.05, 0) is 12.0 Å². The average molecular weight is 228 g/mol. The fourth-order valence-electron chi connectivity index (χ4n) is 1.77. The molecule has 0 saturated carbocycles. The third-order valence-corrected chi connectivity index (χ3v) is 2.61. The van der Waals surface area contributed by atoms with Crippen LogP contribution in [-0.4, -0.2) is 15.6 Å². The molecule has 0 aliphatic heterocycles. The molecule has 0 amide bonds. The largest absolute Gasteiger partial charge is 0.298 e. The number of carbonyl (C=O) groups is 1. The van der Waals surface area contributed by atoms with E-state index in [1.54, 1.807) is 10.9 Å². The van der Waals surface area contributed by atoms with Crippen LogP contribution in [0.4, 0.5) is 0 Å². The molecule has 2 rings (SSSR count). The normalized spacial score (nSPS) is 10.4. The van der Waals surface area contributed by atoms with Crippen molar-refractivity contribution in [2.45, 2.75) is 26.3 Å². The molecule has 1 aromatic heterocycles. The van der Waals surface area contributed by atoms with Gasteiger partial charge in [-0.25, -0.2) is 0 Å². The topological polar surface area (TPSA) is 34.9 Å². The van der Waals surface area contributed by atoms with E-state index in [2.05, 4.69) is 5.10 Å². The summed E-state index contributed by atoms with van der Waals surface area (Å²) in [6.07, 6.45) is 5.24. The Morgan fingerprint density at radius 3 is 2.71 bits per heavy atom. The van der Waals surface area contributed by atoms with E-state index in [9.17, 15) is 4.79 Å². The number of rotatable bonds is 5. The quantitative estimate of drug-likeness (QED) is 0.788. The van der Waals surface area contributed by atoms with Crippen LogP contribution in [0.5, 0.6) is 0 Å². The van der Waals surface area contributed by atoms with Gasteiger partial charge in [-0.2, -0.15) is 5.10 Å². The second-order valence-electron chi connectivity index (χ2n) is 4.08. The van der Waals surface area contributed by atoms with Crippen molar-refractivity contribution in [1.82, 2.24) is 9.78 Å². The summed E-state index contributed by atoms with van der Waals surface area (Å²) in [5.41, 5.74) is 2.18. The molecule has 1 aromatic carbocycles. The summed E-state index contributed by atoms with van der Waals surface area (Å²) in [7, 11) is 0. The van der Waals surface area contributed by atoms with Crippen molar-refractivity contribution < 1.29 is 4.79 Å². The van der Waals surface area contributed by atoms with Gasteiger partial charge in [0, 0.05) is 18.2 Å². The first-order chi connectivity index (χ1) is 8.29. The molecule has 0 atom stereocenters. The molecule has 0 N–H and O–H groups in total. The zero-order valence-electron chi connectivity index (χ0n) is 9.97. The van der Waals surface area contributed by atoms with Gasteiger partial charge in [-0.1, -0.05) is 37.3 Å². The Kier molecular flexibility index (Phi) is 3.70. The van der Waals surface area contributed by atoms with Crippen molar-refractivity contribution in [3.63, 3.8) is 0 Å². The molecular weight excluding hydrogens is 212 g/mol. The van der Waals surface area contributed by atoms with Crippen LogP contribution in [0.25, 0.3) is 11.1 Å². The Morgan fingerprint density at radius 1 is 1.24 bits per heavy atom. The SMILES string of the molecule is CCCC(=O)Cn1cc(-c2ccccc2)cn1. The van der Waals surface area contributed by atoms with Gasteiger partial charge in [0.1, 0.15) is 0 Å². The van der Waals surface area contributed by atoms with Crippen LogP contribution < -0.4 is 0 Å². The van der Waals surface area contributed by atoms with Crippen LogP contribution in [0.3, 0.4) is 0 Å². The molecule has 3 nitrogen and oxygen atoms in total. The van der Waals surface area contributed by atoms with E-state index in [0.717, 1.165) is 17.5 Å². The highest BCUT2D eigenvalue weighted by atomic mass is 16.1. The van der Waals surface area contributed by atoms with Crippen LogP contribution in [-0.2, 0) is 11.3 Å². The lowest BCUT2D eigenvalue weighted by molar-refractivity contribution is -0.119. The van der Waals surface area contributed by atoms with Crippen LogP contribution in [0.2, 0.25) is 0 Å². The molecule has 0 fully saturated rings. The van der Waals surface area contributed by atoms with Crippen molar-refractivity contribution in [3.8, 4) is 11.1 Å². The minimum Gasteiger partial charge on any atom is -0.298 e. The Balaban J connectivity index is 2.09. The van der Waals surface area contributed by atoms with Crippen LogP contribution in [0.1, 0.15) is 19.8 Å². The average Bonchev–Trinajstić information content (AvgIpc) is 2.79. The molecule has 0 spiro atoms. The maximum Gasteiger partial charge on any atom is 0.154 e. The third kappa shape index (κ3) is 3.03. The predicted molar refractivity (Wildman–Crippen MR) is 67.6 cm³/mol. The molecule has 0 aliphatic rings. The van der Waals surface area contributed by atoms with Crippen LogP contribution in [0.15, 0.2) is 42.7 Å². The molecule has 0 radical (unpaired) electrons. The number of hydrogen-bond acceptors (Lipinski definition) is 2. The third-order valence-electron chi connectivity index (χ3n) is 2.61. The van der Waals surface area contributed by atoms with Crippen LogP contribution >= 0.6 is 0 Å². The van der Waals surface area contributed by atoms with E-state index in [0.29, 0.717) is 13.0 Å². The number of carbonyl (C=O) groups excluding carboxylic acids is 1. The van der Waals surface area contributed by atoms with Gasteiger partial charge in [0.05, 0.1) is 12.7 Å². The fraction of sp³-hybridized carbons (Fsp3) is 0.286. The monoisotopic (exact) mass is 228 g/mol. The fourth-order valence-corrected chi connectivity index (χ4v) is 1.77. The Labute approximate surface area is 101 Å². The highest BCUT2D eigenvalue weighted by molar-refractivity contribution is 5.78. The molecule has 2 aromatic rings. The maximum absolute atomic E-state index is 11.5. The zero-order valence-corrected chi connectivity index (χ0v) is 9.97. The lowest BCUT2D eigenvalue weighted by atomic mass is 10.1. The number of nitrogens with zero attached hydrogens (tertiary/aromatic N) is 2. The summed E-state index contributed by atoms with van der Waals surface area (Å²) in [6.45, 7) is 2.39. The second kappa shape index (κ2) is 5.43. The molecule has 3 heteroatoms. The van der Waals surface area contributed by atoms with E-state index < -0.39 is 0 Å². The number of aromatic nitrogens is 2. The first kappa shape index (κ1) is 11.6. The first-order valence-electron chi connectivity index (χ1n) is 5.89. The standard InChI is InChI=1S/C14H16N2O/c1-2-6-14(17)11-16-10-13(9-15-16)12-7-4-3-5-8-12/h3-5,7-10H,2,6,11H2,1H3. The van der Waals surface area contributed by atoms with E-state index in [-0.39, 0.29) is 5.78 Å². The molecule has 0 aliphatic carbocycles. The number of Topliss-reactive ketones (excluding diaryl/α,β-unsaturated/α-hetero) is 1.